The largest absolute Gasteiger partial charge is 0.444 e. The number of halogens is 1. The Morgan fingerprint density at radius 3 is 2.05 bits per heavy atom. The molecular weight excluding hydrogens is 377 g/mol. The van der Waals surface area contributed by atoms with Gasteiger partial charge >= 0.3 is 6.09 Å². The van der Waals surface area contributed by atoms with E-state index in [4.69, 9.17) is 4.74 Å². The van der Waals surface area contributed by atoms with E-state index in [0.717, 1.165) is 0 Å². The van der Waals surface area contributed by atoms with Gasteiger partial charge in [0, 0.05) is 0 Å². The summed E-state index contributed by atoms with van der Waals surface area (Å²) in [6.45, 7) is 12.3. The molecule has 4 heteroatoms. The predicted molar refractivity (Wildman–Crippen MR) is 93.8 cm³/mol. The zero-order valence-corrected chi connectivity index (χ0v) is 15.8. The summed E-state index contributed by atoms with van der Waals surface area (Å²) in [6.07, 6.45) is -0.230. The van der Waals surface area contributed by atoms with Crippen molar-refractivity contribution in [1.82, 2.24) is 4.90 Å². The van der Waals surface area contributed by atoms with Crippen LogP contribution < -0.4 is 0 Å². The first-order chi connectivity index (χ1) is 9.50. The average molecular weight is 401 g/mol. The van der Waals surface area contributed by atoms with Gasteiger partial charge in [-0.05, 0) is 37.3 Å². The zero-order chi connectivity index (χ0) is 16.0. The molecule has 1 heterocycles. The Labute approximate surface area is 141 Å². The maximum absolute atomic E-state index is 12.1. The van der Waals surface area contributed by atoms with Crippen molar-refractivity contribution in [2.24, 2.45) is 0 Å². The molecule has 0 bridgehead atoms. The molecular formula is C17H24INO2. The zero-order valence-electron chi connectivity index (χ0n) is 13.6. The number of carbonyl (C=O) groups excluding carboxylic acids is 1. The summed E-state index contributed by atoms with van der Waals surface area (Å²) in [6, 6.07) is 8.70. The Morgan fingerprint density at radius 2 is 1.62 bits per heavy atom. The second-order valence-electron chi connectivity index (χ2n) is 7.58. The van der Waals surface area contributed by atoms with Crippen LogP contribution >= 0.6 is 22.6 Å². The lowest BCUT2D eigenvalue weighted by molar-refractivity contribution is 0.0404. The van der Waals surface area contributed by atoms with Crippen molar-refractivity contribution >= 4 is 28.7 Å². The molecule has 0 N–H and O–H groups in total. The van der Waals surface area contributed by atoms with Gasteiger partial charge in [0.15, 0.2) is 0 Å². The van der Waals surface area contributed by atoms with Gasteiger partial charge in [-0.15, -0.1) is 0 Å². The van der Waals surface area contributed by atoms with Gasteiger partial charge < -0.3 is 4.74 Å². The Bertz CT molecular complexity index is 525. The maximum Gasteiger partial charge on any atom is 0.411 e. The number of benzene rings is 1. The van der Waals surface area contributed by atoms with Gasteiger partial charge in [-0.2, -0.15) is 0 Å². The molecule has 0 saturated carbocycles. The molecule has 21 heavy (non-hydrogen) atoms. The molecule has 1 aliphatic rings. The van der Waals surface area contributed by atoms with Crippen LogP contribution in [0.3, 0.4) is 0 Å². The van der Waals surface area contributed by atoms with Crippen molar-refractivity contribution in [3.63, 3.8) is 0 Å². The van der Waals surface area contributed by atoms with Crippen LogP contribution in [0.2, 0.25) is 0 Å². The van der Waals surface area contributed by atoms with Crippen molar-refractivity contribution < 1.29 is 9.53 Å². The van der Waals surface area contributed by atoms with Crippen LogP contribution in [-0.2, 0) is 10.2 Å². The third-order valence-electron chi connectivity index (χ3n) is 3.46. The molecule has 0 aliphatic carbocycles. The molecule has 0 spiro atoms. The summed E-state index contributed by atoms with van der Waals surface area (Å²) < 4.78 is 5.62. The van der Waals surface area contributed by atoms with E-state index in [-0.39, 0.29) is 21.6 Å². The maximum atomic E-state index is 12.1. The van der Waals surface area contributed by atoms with Gasteiger partial charge in [-0.1, -0.05) is 67.6 Å². The number of alkyl halides is 1. The van der Waals surface area contributed by atoms with Crippen molar-refractivity contribution in [2.45, 2.75) is 62.6 Å². The van der Waals surface area contributed by atoms with Crippen LogP contribution in [0.1, 0.15) is 58.7 Å². The molecule has 0 aromatic heterocycles. The first kappa shape index (κ1) is 16.6. The van der Waals surface area contributed by atoms with Crippen LogP contribution in [0, 0.1) is 0 Å². The lowest BCUT2D eigenvalue weighted by atomic mass is 9.86. The fourth-order valence-electron chi connectivity index (χ4n) is 2.23. The van der Waals surface area contributed by atoms with Crippen molar-refractivity contribution in [2.75, 3.05) is 0 Å². The molecule has 2 atom stereocenters. The Hall–Kier alpha value is -0.780. The van der Waals surface area contributed by atoms with Crippen LogP contribution in [0.15, 0.2) is 24.3 Å². The summed E-state index contributed by atoms with van der Waals surface area (Å²) in [4.78, 5) is 13.9. The minimum atomic E-state index is -0.448. The highest BCUT2D eigenvalue weighted by Crippen LogP contribution is 2.48. The Morgan fingerprint density at radius 1 is 1.10 bits per heavy atom. The third-order valence-corrected chi connectivity index (χ3v) is 4.74. The van der Waals surface area contributed by atoms with E-state index < -0.39 is 5.60 Å². The molecule has 3 nitrogen and oxygen atoms in total. The van der Waals surface area contributed by atoms with Crippen molar-refractivity contribution in [3.05, 3.63) is 35.4 Å². The summed E-state index contributed by atoms with van der Waals surface area (Å²) >= 11 is 2.30. The summed E-state index contributed by atoms with van der Waals surface area (Å²) in [5, 5.41) is 0. The minimum Gasteiger partial charge on any atom is -0.444 e. The summed E-state index contributed by atoms with van der Waals surface area (Å²) in [7, 11) is 0. The molecule has 1 amide bonds. The van der Waals surface area contributed by atoms with Crippen molar-refractivity contribution in [3.8, 4) is 0 Å². The van der Waals surface area contributed by atoms with Crippen LogP contribution in [0.4, 0.5) is 4.79 Å². The highest BCUT2D eigenvalue weighted by Gasteiger charge is 2.52. The quantitative estimate of drug-likeness (QED) is 0.286. The first-order valence-electron chi connectivity index (χ1n) is 7.26. The van der Waals surface area contributed by atoms with Gasteiger partial charge in [0.1, 0.15) is 9.65 Å². The predicted octanol–water partition coefficient (Wildman–Crippen LogP) is 5.04. The SMILES string of the molecule is CC(C)(C)OC(=O)N1[C@H](c2ccc(C(C)(C)C)cc2)[C@@H]1I. The summed E-state index contributed by atoms with van der Waals surface area (Å²) in [5.41, 5.74) is 2.18. The number of hydrogen-bond acceptors (Lipinski definition) is 2. The molecule has 1 fully saturated rings. The highest BCUT2D eigenvalue weighted by atomic mass is 127. The van der Waals surface area contributed by atoms with Crippen LogP contribution in [0.25, 0.3) is 0 Å². The van der Waals surface area contributed by atoms with E-state index >= 15 is 0 Å². The first-order valence-corrected chi connectivity index (χ1v) is 8.51. The summed E-state index contributed by atoms with van der Waals surface area (Å²) in [5.74, 6) is 0. The van der Waals surface area contributed by atoms with E-state index in [1.165, 1.54) is 11.1 Å². The van der Waals surface area contributed by atoms with Crippen LogP contribution in [0.5, 0.6) is 0 Å². The number of nitrogens with zero attached hydrogens (tertiary/aromatic N) is 1. The number of ether oxygens (including phenoxy) is 1. The number of carbonyl (C=O) groups is 1. The number of hydrogen-bond donors (Lipinski definition) is 0. The van der Waals surface area contributed by atoms with E-state index in [1.54, 1.807) is 4.90 Å². The average Bonchev–Trinajstić information content (AvgIpc) is 2.98. The molecule has 1 aliphatic heterocycles. The second-order valence-corrected chi connectivity index (χ2v) is 8.85. The fraction of sp³-hybridized carbons (Fsp3) is 0.588. The molecule has 0 unspecified atom stereocenters. The Kier molecular flexibility index (Phi) is 4.30. The molecule has 1 saturated heterocycles. The van der Waals surface area contributed by atoms with Gasteiger partial charge in [-0.25, -0.2) is 4.79 Å². The third kappa shape index (κ3) is 3.90. The van der Waals surface area contributed by atoms with Gasteiger partial charge in [-0.3, -0.25) is 4.90 Å². The molecule has 2 rings (SSSR count). The van der Waals surface area contributed by atoms with E-state index in [9.17, 15) is 4.79 Å². The van der Waals surface area contributed by atoms with Gasteiger partial charge in [0.2, 0.25) is 0 Å². The number of amides is 1. The van der Waals surface area contributed by atoms with Gasteiger partial charge in [0.05, 0.1) is 6.04 Å². The van der Waals surface area contributed by atoms with Crippen LogP contribution in [-0.4, -0.2) is 20.6 Å². The van der Waals surface area contributed by atoms with Gasteiger partial charge in [0.25, 0.3) is 0 Å². The monoisotopic (exact) mass is 401 g/mol. The Balaban J connectivity index is 2.09. The second kappa shape index (κ2) is 5.45. The minimum absolute atomic E-state index is 0.134. The van der Waals surface area contributed by atoms with E-state index in [1.807, 2.05) is 20.8 Å². The van der Waals surface area contributed by atoms with E-state index in [2.05, 4.69) is 67.6 Å². The van der Waals surface area contributed by atoms with E-state index in [0.29, 0.717) is 0 Å². The number of rotatable bonds is 1. The van der Waals surface area contributed by atoms with Crippen molar-refractivity contribution in [1.29, 1.82) is 0 Å². The lowest BCUT2D eigenvalue weighted by Gasteiger charge is -2.20. The fourth-order valence-corrected chi connectivity index (χ4v) is 3.38. The molecule has 1 aromatic carbocycles. The standard InChI is InChI=1S/C17H24INO2/c1-16(2,3)12-9-7-11(8-10-12)13-14(18)19(13)15(20)21-17(4,5)6/h7-10,13-14H,1-6H3/t13-,14-,19?/m1/s1. The molecule has 1 aromatic rings. The smallest absolute Gasteiger partial charge is 0.411 e. The molecule has 0 radical (unpaired) electrons. The topological polar surface area (TPSA) is 29.3 Å². The molecule has 116 valence electrons. The normalized spacial score (nSPS) is 22.1. The highest BCUT2D eigenvalue weighted by molar-refractivity contribution is 14.1. The lowest BCUT2D eigenvalue weighted by Crippen LogP contribution is -2.27.